The summed E-state index contributed by atoms with van der Waals surface area (Å²) in [5, 5.41) is 9.61. The predicted molar refractivity (Wildman–Crippen MR) is 99.6 cm³/mol. The summed E-state index contributed by atoms with van der Waals surface area (Å²) in [5.41, 5.74) is 1.41. The van der Waals surface area contributed by atoms with Crippen molar-refractivity contribution >= 4 is 26.7 Å². The number of rotatable bonds is 5. The third-order valence-electron chi connectivity index (χ3n) is 4.26. The van der Waals surface area contributed by atoms with Gasteiger partial charge in [0.1, 0.15) is 12.1 Å². The van der Waals surface area contributed by atoms with Crippen LogP contribution in [0.3, 0.4) is 0 Å². The topological polar surface area (TPSA) is 79.9 Å². The number of Topliss-reactive ketones (excluding diaryl/α,β-unsaturated/α-hetero) is 1. The molecule has 2 aromatic carbocycles. The molecule has 1 aromatic heterocycles. The van der Waals surface area contributed by atoms with Gasteiger partial charge in [0, 0.05) is 5.39 Å². The lowest BCUT2D eigenvalue weighted by Crippen LogP contribution is -2.18. The Morgan fingerprint density at radius 2 is 1.81 bits per heavy atom. The Balaban J connectivity index is 2.40. The first-order valence-corrected chi connectivity index (χ1v) is 9.67. The number of hydrogen-bond acceptors (Lipinski definition) is 4. The van der Waals surface area contributed by atoms with Gasteiger partial charge in [-0.3, -0.25) is 4.79 Å². The third-order valence-corrected chi connectivity index (χ3v) is 6.01. The zero-order chi connectivity index (χ0) is 18.9. The highest BCUT2D eigenvalue weighted by Gasteiger charge is 2.27. The van der Waals surface area contributed by atoms with E-state index in [-0.39, 0.29) is 22.9 Å². The lowest BCUT2D eigenvalue weighted by Gasteiger charge is -2.12. The second-order valence-corrected chi connectivity index (χ2v) is 8.09. The van der Waals surface area contributed by atoms with Crippen LogP contribution in [0, 0.1) is 11.3 Å². The molecule has 0 unspecified atom stereocenters. The number of fused-ring (bicyclic) bond motifs is 1. The lowest BCUT2D eigenvalue weighted by atomic mass is 9.99. The van der Waals surface area contributed by atoms with Crippen LogP contribution in [0.1, 0.15) is 42.2 Å². The Morgan fingerprint density at radius 3 is 2.42 bits per heavy atom. The first kappa shape index (κ1) is 17.9. The van der Waals surface area contributed by atoms with Crippen molar-refractivity contribution < 1.29 is 13.2 Å². The summed E-state index contributed by atoms with van der Waals surface area (Å²) < 4.78 is 27.6. The average Bonchev–Trinajstić information content (AvgIpc) is 3.03. The maximum atomic E-state index is 13.2. The summed E-state index contributed by atoms with van der Waals surface area (Å²) in [7, 11) is -3.97. The van der Waals surface area contributed by atoms with Gasteiger partial charge in [-0.1, -0.05) is 44.2 Å². The van der Waals surface area contributed by atoms with Crippen LogP contribution in [-0.4, -0.2) is 18.2 Å². The molecule has 0 bridgehead atoms. The second kappa shape index (κ2) is 6.77. The highest BCUT2D eigenvalue weighted by atomic mass is 32.2. The summed E-state index contributed by atoms with van der Waals surface area (Å²) in [5.74, 6) is -0.356. The molecule has 1 heterocycles. The Morgan fingerprint density at radius 1 is 1.12 bits per heavy atom. The van der Waals surface area contributed by atoms with E-state index in [1.165, 1.54) is 12.1 Å². The number of hydrogen-bond donors (Lipinski definition) is 0. The third kappa shape index (κ3) is 2.91. The fourth-order valence-electron chi connectivity index (χ4n) is 3.05. The molecular formula is C20H18N2O3S. The van der Waals surface area contributed by atoms with E-state index in [4.69, 9.17) is 5.26 Å². The summed E-state index contributed by atoms with van der Waals surface area (Å²) in [6, 6.07) is 16.8. The number of ketones is 1. The minimum absolute atomic E-state index is 0.0125. The molecule has 0 fully saturated rings. The molecule has 5 nitrogen and oxygen atoms in total. The molecule has 0 aliphatic heterocycles. The van der Waals surface area contributed by atoms with E-state index in [2.05, 4.69) is 0 Å². The summed E-state index contributed by atoms with van der Waals surface area (Å²) in [6.07, 6.45) is -0.377. The van der Waals surface area contributed by atoms with Gasteiger partial charge in [0.05, 0.1) is 16.5 Å². The van der Waals surface area contributed by atoms with Crippen LogP contribution in [-0.2, 0) is 10.0 Å². The number of aromatic nitrogens is 1. The van der Waals surface area contributed by atoms with Crippen molar-refractivity contribution in [1.29, 1.82) is 5.26 Å². The summed E-state index contributed by atoms with van der Waals surface area (Å²) in [4.78, 5) is 12.6. The average molecular weight is 366 g/mol. The Hall–Kier alpha value is -2.91. The molecule has 0 radical (unpaired) electrons. The number of benzene rings is 2. The first-order valence-electron chi connectivity index (χ1n) is 8.23. The van der Waals surface area contributed by atoms with Gasteiger partial charge in [0.25, 0.3) is 10.0 Å². The van der Waals surface area contributed by atoms with E-state index >= 15 is 0 Å². The maximum absolute atomic E-state index is 13.2. The standard InChI is InChI=1S/C20H18N2O3S/c1-14(2)16-9-6-10-18-17(16)13-19(20(23)11-12-21)22(18)26(24,25)15-7-4-3-5-8-15/h3-10,13-14H,11H2,1-2H3. The quantitative estimate of drug-likeness (QED) is 0.637. The van der Waals surface area contributed by atoms with E-state index in [0.29, 0.717) is 10.9 Å². The van der Waals surface area contributed by atoms with Gasteiger partial charge < -0.3 is 0 Å². The van der Waals surface area contributed by atoms with Crippen LogP contribution in [0.25, 0.3) is 10.9 Å². The smallest absolute Gasteiger partial charge is 0.268 e. The van der Waals surface area contributed by atoms with Crippen LogP contribution in [0.5, 0.6) is 0 Å². The highest BCUT2D eigenvalue weighted by Crippen LogP contribution is 2.31. The molecule has 3 rings (SSSR count). The van der Waals surface area contributed by atoms with Crippen molar-refractivity contribution in [2.75, 3.05) is 0 Å². The summed E-state index contributed by atoms with van der Waals surface area (Å²) in [6.45, 7) is 4.02. The fraction of sp³-hybridized carbons (Fsp3) is 0.200. The van der Waals surface area contributed by atoms with Crippen molar-refractivity contribution in [1.82, 2.24) is 3.97 Å². The lowest BCUT2D eigenvalue weighted by molar-refractivity contribution is 0.0992. The Labute approximate surface area is 152 Å². The van der Waals surface area contributed by atoms with Crippen LogP contribution < -0.4 is 0 Å². The van der Waals surface area contributed by atoms with Gasteiger partial charge in [-0.15, -0.1) is 0 Å². The number of nitriles is 1. The van der Waals surface area contributed by atoms with Gasteiger partial charge in [0.15, 0.2) is 5.78 Å². The molecule has 0 saturated carbocycles. The van der Waals surface area contributed by atoms with Crippen molar-refractivity contribution in [2.45, 2.75) is 31.1 Å². The van der Waals surface area contributed by atoms with Crippen LogP contribution in [0.15, 0.2) is 59.5 Å². The number of carbonyl (C=O) groups is 1. The molecule has 6 heteroatoms. The van der Waals surface area contributed by atoms with Crippen LogP contribution in [0.2, 0.25) is 0 Å². The van der Waals surface area contributed by atoms with E-state index in [0.717, 1.165) is 9.54 Å². The van der Waals surface area contributed by atoms with Gasteiger partial charge in [0.2, 0.25) is 0 Å². The monoisotopic (exact) mass is 366 g/mol. The minimum Gasteiger partial charge on any atom is -0.291 e. The van der Waals surface area contributed by atoms with E-state index in [1.807, 2.05) is 26.0 Å². The van der Waals surface area contributed by atoms with Crippen molar-refractivity contribution in [3.05, 3.63) is 65.9 Å². The Kier molecular flexibility index (Phi) is 4.66. The molecule has 0 aliphatic carbocycles. The van der Waals surface area contributed by atoms with Gasteiger partial charge in [-0.25, -0.2) is 12.4 Å². The van der Waals surface area contributed by atoms with Crippen molar-refractivity contribution in [2.24, 2.45) is 0 Å². The van der Waals surface area contributed by atoms with Crippen LogP contribution in [0.4, 0.5) is 0 Å². The first-order chi connectivity index (χ1) is 12.4. The van der Waals surface area contributed by atoms with Crippen molar-refractivity contribution in [3.8, 4) is 6.07 Å². The molecule has 0 saturated heterocycles. The van der Waals surface area contributed by atoms with Crippen LogP contribution >= 0.6 is 0 Å². The Bertz CT molecular complexity index is 1120. The molecular weight excluding hydrogens is 348 g/mol. The number of nitrogens with zero attached hydrogens (tertiary/aromatic N) is 2. The van der Waals surface area contributed by atoms with E-state index in [1.54, 1.807) is 36.4 Å². The predicted octanol–water partition coefficient (Wildman–Crippen LogP) is 4.10. The van der Waals surface area contributed by atoms with Crippen molar-refractivity contribution in [3.63, 3.8) is 0 Å². The SMILES string of the molecule is CC(C)c1cccc2c1cc(C(=O)CC#N)n2S(=O)(=O)c1ccccc1. The summed E-state index contributed by atoms with van der Waals surface area (Å²) >= 11 is 0. The molecule has 0 N–H and O–H groups in total. The normalized spacial score (nSPS) is 11.6. The maximum Gasteiger partial charge on any atom is 0.268 e. The van der Waals surface area contributed by atoms with Gasteiger partial charge in [-0.05, 0) is 35.7 Å². The van der Waals surface area contributed by atoms with Gasteiger partial charge in [-0.2, -0.15) is 5.26 Å². The van der Waals surface area contributed by atoms with E-state index in [9.17, 15) is 13.2 Å². The molecule has 132 valence electrons. The minimum atomic E-state index is -3.97. The van der Waals surface area contributed by atoms with Gasteiger partial charge >= 0.3 is 0 Å². The molecule has 3 aromatic rings. The second-order valence-electron chi connectivity index (χ2n) is 6.30. The molecule has 0 spiro atoms. The fourth-order valence-corrected chi connectivity index (χ4v) is 4.59. The van der Waals surface area contributed by atoms with E-state index < -0.39 is 15.8 Å². The largest absolute Gasteiger partial charge is 0.291 e. The molecule has 0 atom stereocenters. The zero-order valence-corrected chi connectivity index (χ0v) is 15.3. The number of carbonyl (C=O) groups excluding carboxylic acids is 1. The molecule has 0 amide bonds. The molecule has 26 heavy (non-hydrogen) atoms. The highest BCUT2D eigenvalue weighted by molar-refractivity contribution is 7.90. The molecule has 0 aliphatic rings. The zero-order valence-electron chi connectivity index (χ0n) is 14.5.